The Kier molecular flexibility index (Phi) is 5.21. The quantitative estimate of drug-likeness (QED) is 0.376. The van der Waals surface area contributed by atoms with E-state index in [9.17, 15) is 4.79 Å². The van der Waals surface area contributed by atoms with E-state index in [1.165, 1.54) is 16.0 Å². The maximum absolute atomic E-state index is 13.1. The fourth-order valence-corrected chi connectivity index (χ4v) is 6.01. The summed E-state index contributed by atoms with van der Waals surface area (Å²) in [6.07, 6.45) is 0.487. The number of rotatable bonds is 4. The lowest BCUT2D eigenvalue weighted by Crippen LogP contribution is -2.38. The molecule has 0 unspecified atom stereocenters. The number of hydrogen-bond donors (Lipinski definition) is 2. The second-order valence-corrected chi connectivity index (χ2v) is 9.96. The van der Waals surface area contributed by atoms with Crippen LogP contribution in [0.2, 0.25) is 5.02 Å². The van der Waals surface area contributed by atoms with Gasteiger partial charge in [-0.25, -0.2) is 0 Å². The Hall–Kier alpha value is -3.06. The number of halogens is 1. The average Bonchev–Trinajstić information content (AvgIpc) is 3.45. The SMILES string of the molecule is O=C1N[C@H](c2ccc(-c3ccc(Cl)cc3)o2)Nc2sc3c(c21)CCN(Cc1ccccc1)C3. The minimum Gasteiger partial charge on any atom is -0.457 e. The van der Waals surface area contributed by atoms with Crippen LogP contribution in [0.15, 0.2) is 71.1 Å². The van der Waals surface area contributed by atoms with Crippen molar-refractivity contribution >= 4 is 33.8 Å². The van der Waals surface area contributed by atoms with Crippen LogP contribution >= 0.6 is 22.9 Å². The maximum Gasteiger partial charge on any atom is 0.256 e. The summed E-state index contributed by atoms with van der Waals surface area (Å²) in [7, 11) is 0. The third-order valence-corrected chi connectivity index (χ3v) is 7.60. The van der Waals surface area contributed by atoms with Gasteiger partial charge in [0.05, 0.1) is 5.56 Å². The Morgan fingerprint density at radius 3 is 2.67 bits per heavy atom. The number of benzene rings is 2. The summed E-state index contributed by atoms with van der Waals surface area (Å²) in [6, 6.07) is 21.9. The largest absolute Gasteiger partial charge is 0.457 e. The summed E-state index contributed by atoms with van der Waals surface area (Å²) in [6.45, 7) is 2.73. The molecule has 4 heterocycles. The van der Waals surface area contributed by atoms with Gasteiger partial charge in [0.2, 0.25) is 0 Å². The van der Waals surface area contributed by atoms with Gasteiger partial charge < -0.3 is 15.1 Å². The van der Waals surface area contributed by atoms with Crippen molar-refractivity contribution in [3.8, 4) is 11.3 Å². The summed E-state index contributed by atoms with van der Waals surface area (Å²) in [5, 5.41) is 8.18. The molecule has 2 aliphatic heterocycles. The Balaban J connectivity index is 1.22. The number of thiophene rings is 1. The molecule has 33 heavy (non-hydrogen) atoms. The predicted octanol–water partition coefficient (Wildman–Crippen LogP) is 6.07. The lowest BCUT2D eigenvalue weighted by atomic mass is 10.0. The van der Waals surface area contributed by atoms with Crippen molar-refractivity contribution < 1.29 is 9.21 Å². The van der Waals surface area contributed by atoms with Crippen molar-refractivity contribution in [3.63, 3.8) is 0 Å². The van der Waals surface area contributed by atoms with E-state index in [1.807, 2.05) is 42.5 Å². The number of hydrogen-bond acceptors (Lipinski definition) is 5. The second kappa shape index (κ2) is 8.37. The van der Waals surface area contributed by atoms with Crippen molar-refractivity contribution in [3.05, 3.63) is 99.1 Å². The lowest BCUT2D eigenvalue weighted by Gasteiger charge is -2.28. The molecule has 2 aliphatic rings. The topological polar surface area (TPSA) is 57.5 Å². The first-order chi connectivity index (χ1) is 16.1. The number of nitrogens with zero attached hydrogens (tertiary/aromatic N) is 1. The van der Waals surface area contributed by atoms with Gasteiger partial charge in [0.15, 0.2) is 6.17 Å². The molecule has 1 amide bonds. The molecule has 2 aromatic carbocycles. The van der Waals surface area contributed by atoms with Gasteiger partial charge in [0.25, 0.3) is 5.91 Å². The molecule has 0 spiro atoms. The van der Waals surface area contributed by atoms with Crippen molar-refractivity contribution in [2.75, 3.05) is 11.9 Å². The van der Waals surface area contributed by atoms with Crippen LogP contribution in [0.5, 0.6) is 0 Å². The van der Waals surface area contributed by atoms with Gasteiger partial charge in [0, 0.05) is 35.1 Å². The van der Waals surface area contributed by atoms with Crippen LogP contribution in [0.25, 0.3) is 11.3 Å². The first kappa shape index (κ1) is 20.5. The third-order valence-electron chi connectivity index (χ3n) is 6.20. The number of nitrogens with one attached hydrogen (secondary N) is 2. The van der Waals surface area contributed by atoms with Crippen LogP contribution in [-0.4, -0.2) is 17.4 Å². The molecular formula is C26H22ClN3O2S. The Morgan fingerprint density at radius 1 is 1.03 bits per heavy atom. The zero-order chi connectivity index (χ0) is 22.4. The van der Waals surface area contributed by atoms with Crippen LogP contribution in [0, 0.1) is 0 Å². The van der Waals surface area contributed by atoms with E-state index in [4.69, 9.17) is 16.0 Å². The molecule has 0 saturated heterocycles. The van der Waals surface area contributed by atoms with E-state index < -0.39 is 6.17 Å². The first-order valence-electron chi connectivity index (χ1n) is 11.0. The molecule has 0 aliphatic carbocycles. The maximum atomic E-state index is 13.1. The van der Waals surface area contributed by atoms with Crippen molar-refractivity contribution in [1.29, 1.82) is 0 Å². The van der Waals surface area contributed by atoms with E-state index >= 15 is 0 Å². The highest BCUT2D eigenvalue weighted by atomic mass is 35.5. The number of furan rings is 1. The molecule has 0 radical (unpaired) electrons. The van der Waals surface area contributed by atoms with Gasteiger partial charge in [-0.15, -0.1) is 11.3 Å². The highest BCUT2D eigenvalue weighted by molar-refractivity contribution is 7.16. The Labute approximate surface area is 201 Å². The van der Waals surface area contributed by atoms with E-state index in [2.05, 4.69) is 39.8 Å². The summed E-state index contributed by atoms with van der Waals surface area (Å²) >= 11 is 7.68. The summed E-state index contributed by atoms with van der Waals surface area (Å²) < 4.78 is 6.07. The highest BCUT2D eigenvalue weighted by Gasteiger charge is 2.34. The number of fused-ring (bicyclic) bond motifs is 3. The second-order valence-electron chi connectivity index (χ2n) is 8.41. The number of carbonyl (C=O) groups is 1. The van der Waals surface area contributed by atoms with Crippen LogP contribution in [0.1, 0.15) is 38.3 Å². The van der Waals surface area contributed by atoms with E-state index in [1.54, 1.807) is 11.3 Å². The summed E-state index contributed by atoms with van der Waals surface area (Å²) in [5.41, 5.74) is 4.24. The molecule has 5 nitrogen and oxygen atoms in total. The van der Waals surface area contributed by atoms with Crippen molar-refractivity contribution in [2.24, 2.45) is 0 Å². The molecule has 0 fully saturated rings. The van der Waals surface area contributed by atoms with Gasteiger partial charge in [-0.05, 0) is 53.9 Å². The zero-order valence-electron chi connectivity index (χ0n) is 17.8. The van der Waals surface area contributed by atoms with Gasteiger partial charge in [0.1, 0.15) is 16.5 Å². The molecule has 2 aromatic heterocycles. The monoisotopic (exact) mass is 475 g/mol. The minimum atomic E-state index is -0.397. The van der Waals surface area contributed by atoms with Crippen LogP contribution in [-0.2, 0) is 19.5 Å². The number of anilines is 1. The van der Waals surface area contributed by atoms with Gasteiger partial charge >= 0.3 is 0 Å². The third kappa shape index (κ3) is 3.95. The highest BCUT2D eigenvalue weighted by Crippen LogP contribution is 2.41. The molecule has 1 atom stereocenters. The van der Waals surface area contributed by atoms with Crippen molar-refractivity contribution in [2.45, 2.75) is 25.7 Å². The van der Waals surface area contributed by atoms with Gasteiger partial charge in [-0.1, -0.05) is 41.9 Å². The molecule has 6 rings (SSSR count). The molecular weight excluding hydrogens is 454 g/mol. The van der Waals surface area contributed by atoms with Crippen LogP contribution in [0.3, 0.4) is 0 Å². The molecule has 0 bridgehead atoms. The van der Waals surface area contributed by atoms with Gasteiger partial charge in [-0.3, -0.25) is 9.69 Å². The fraction of sp³-hybridized carbons (Fsp3) is 0.192. The minimum absolute atomic E-state index is 0.0350. The van der Waals surface area contributed by atoms with Crippen molar-refractivity contribution in [1.82, 2.24) is 10.2 Å². The zero-order valence-corrected chi connectivity index (χ0v) is 19.4. The normalized spacial score (nSPS) is 17.7. The molecule has 0 saturated carbocycles. The smallest absolute Gasteiger partial charge is 0.256 e. The predicted molar refractivity (Wildman–Crippen MR) is 132 cm³/mol. The molecule has 4 aromatic rings. The van der Waals surface area contributed by atoms with E-state index in [0.29, 0.717) is 10.8 Å². The summed E-state index contributed by atoms with van der Waals surface area (Å²) in [5.74, 6) is 1.38. The first-order valence-corrected chi connectivity index (χ1v) is 12.2. The molecule has 7 heteroatoms. The number of carbonyl (C=O) groups excluding carboxylic acids is 1. The fourth-order valence-electron chi connectivity index (χ4n) is 4.56. The van der Waals surface area contributed by atoms with E-state index in [0.717, 1.165) is 47.9 Å². The van der Waals surface area contributed by atoms with E-state index in [-0.39, 0.29) is 5.91 Å². The van der Waals surface area contributed by atoms with Crippen LogP contribution in [0.4, 0.5) is 5.00 Å². The summed E-state index contributed by atoms with van der Waals surface area (Å²) in [4.78, 5) is 16.8. The lowest BCUT2D eigenvalue weighted by molar-refractivity contribution is 0.0930. The van der Waals surface area contributed by atoms with Gasteiger partial charge in [-0.2, -0.15) is 0 Å². The Bertz CT molecular complexity index is 1310. The molecule has 166 valence electrons. The Morgan fingerprint density at radius 2 is 1.85 bits per heavy atom. The number of amides is 1. The molecule has 2 N–H and O–H groups in total. The average molecular weight is 476 g/mol. The van der Waals surface area contributed by atoms with Crippen LogP contribution < -0.4 is 10.6 Å². The standard InChI is InChI=1S/C26H22ClN3O2S/c27-18-8-6-17(7-9-18)20-10-11-21(32-20)24-28-25(31)23-19-12-13-30(14-16-4-2-1-3-5-16)15-22(19)33-26(23)29-24/h1-11,24,29H,12-15H2,(H,28,31)/t24-/m0/s1.